The molecule has 0 aromatic heterocycles. The molecular formula is C15H22Cl2N2O. The Bertz CT molecular complexity index is 453. The highest BCUT2D eigenvalue weighted by atomic mass is 35.5. The highest BCUT2D eigenvalue weighted by molar-refractivity contribution is 6.42. The summed E-state index contributed by atoms with van der Waals surface area (Å²) in [6, 6.07) is 5.48. The fourth-order valence-corrected chi connectivity index (χ4v) is 3.19. The third-order valence-corrected chi connectivity index (χ3v) is 4.96. The molecule has 1 fully saturated rings. The molecule has 2 rings (SSSR count). The molecule has 3 unspecified atom stereocenters. The normalized spacial score (nSPS) is 22.9. The van der Waals surface area contributed by atoms with Crippen LogP contribution in [-0.4, -0.2) is 35.7 Å². The lowest BCUT2D eigenvalue weighted by Gasteiger charge is -2.20. The summed E-state index contributed by atoms with van der Waals surface area (Å²) >= 11 is 12.2. The van der Waals surface area contributed by atoms with E-state index in [0.29, 0.717) is 16.0 Å². The van der Waals surface area contributed by atoms with Gasteiger partial charge in [0.15, 0.2) is 0 Å². The van der Waals surface area contributed by atoms with Gasteiger partial charge in [-0.3, -0.25) is 0 Å². The van der Waals surface area contributed by atoms with Gasteiger partial charge in [0.05, 0.1) is 16.1 Å². The maximum atomic E-state index is 9.61. The molecule has 0 amide bonds. The second kappa shape index (κ2) is 7.10. The fraction of sp³-hybridized carbons (Fsp3) is 0.600. The number of aliphatic hydroxyl groups is 1. The van der Waals surface area contributed by atoms with Gasteiger partial charge in [-0.2, -0.15) is 0 Å². The molecule has 3 nitrogen and oxygen atoms in total. The van der Waals surface area contributed by atoms with Crippen molar-refractivity contribution in [2.24, 2.45) is 11.7 Å². The van der Waals surface area contributed by atoms with Gasteiger partial charge in [-0.25, -0.2) is 0 Å². The van der Waals surface area contributed by atoms with Crippen molar-refractivity contribution in [3.8, 4) is 0 Å². The van der Waals surface area contributed by atoms with Gasteiger partial charge in [-0.15, -0.1) is 0 Å². The molecule has 0 aliphatic carbocycles. The van der Waals surface area contributed by atoms with Crippen LogP contribution in [0.5, 0.6) is 0 Å². The van der Waals surface area contributed by atoms with Gasteiger partial charge < -0.3 is 15.7 Å². The minimum atomic E-state index is -0.226. The Hall–Kier alpha value is -0.320. The van der Waals surface area contributed by atoms with Crippen molar-refractivity contribution in [3.63, 3.8) is 0 Å². The van der Waals surface area contributed by atoms with E-state index >= 15 is 0 Å². The molecule has 0 saturated carbocycles. The third-order valence-electron chi connectivity index (χ3n) is 4.13. The van der Waals surface area contributed by atoms with E-state index in [2.05, 4.69) is 4.90 Å². The largest absolute Gasteiger partial charge is 0.393 e. The van der Waals surface area contributed by atoms with Crippen molar-refractivity contribution in [2.75, 3.05) is 19.6 Å². The van der Waals surface area contributed by atoms with E-state index in [9.17, 15) is 5.11 Å². The molecule has 1 aromatic rings. The highest BCUT2D eigenvalue weighted by Crippen LogP contribution is 2.30. The molecule has 5 heteroatoms. The number of likely N-dealkylation sites (tertiary alicyclic amines) is 1. The summed E-state index contributed by atoms with van der Waals surface area (Å²) < 4.78 is 0. The summed E-state index contributed by atoms with van der Waals surface area (Å²) in [5.74, 6) is 0.390. The first-order valence-electron chi connectivity index (χ1n) is 7.09. The van der Waals surface area contributed by atoms with Crippen LogP contribution >= 0.6 is 23.2 Å². The van der Waals surface area contributed by atoms with Crippen molar-refractivity contribution in [1.82, 2.24) is 4.90 Å². The SMILES string of the molecule is CC(O)C1CCN(CCC(N)c2cccc(Cl)c2Cl)C1. The average molecular weight is 317 g/mol. The predicted molar refractivity (Wildman–Crippen MR) is 84.2 cm³/mol. The molecule has 1 aliphatic rings. The number of hydrogen-bond acceptors (Lipinski definition) is 3. The monoisotopic (exact) mass is 316 g/mol. The van der Waals surface area contributed by atoms with Crippen LogP contribution in [0.4, 0.5) is 0 Å². The van der Waals surface area contributed by atoms with Crippen LogP contribution in [0.25, 0.3) is 0 Å². The molecule has 0 bridgehead atoms. The molecule has 1 aromatic carbocycles. The Morgan fingerprint density at radius 3 is 2.85 bits per heavy atom. The van der Waals surface area contributed by atoms with Crippen LogP contribution < -0.4 is 5.73 Å². The Balaban J connectivity index is 1.87. The first-order chi connectivity index (χ1) is 9.49. The Morgan fingerprint density at radius 1 is 1.45 bits per heavy atom. The van der Waals surface area contributed by atoms with Crippen LogP contribution in [0.3, 0.4) is 0 Å². The number of rotatable bonds is 5. The van der Waals surface area contributed by atoms with Gasteiger partial charge in [0.25, 0.3) is 0 Å². The smallest absolute Gasteiger partial charge is 0.0640 e. The maximum Gasteiger partial charge on any atom is 0.0640 e. The van der Waals surface area contributed by atoms with Crippen LogP contribution in [0.15, 0.2) is 18.2 Å². The van der Waals surface area contributed by atoms with Crippen molar-refractivity contribution in [1.29, 1.82) is 0 Å². The van der Waals surface area contributed by atoms with E-state index in [1.165, 1.54) is 0 Å². The molecule has 0 radical (unpaired) electrons. The average Bonchev–Trinajstić information content (AvgIpc) is 2.88. The molecular weight excluding hydrogens is 295 g/mol. The van der Waals surface area contributed by atoms with Gasteiger partial charge >= 0.3 is 0 Å². The standard InChI is InChI=1S/C15H22Cl2N2O/c1-10(20)11-5-7-19(9-11)8-6-14(18)12-3-2-4-13(16)15(12)17/h2-4,10-11,14,20H,5-9,18H2,1H3. The third kappa shape index (κ3) is 3.86. The topological polar surface area (TPSA) is 49.5 Å². The number of aliphatic hydroxyl groups excluding tert-OH is 1. The van der Waals surface area contributed by atoms with E-state index in [0.717, 1.165) is 38.0 Å². The van der Waals surface area contributed by atoms with Gasteiger partial charge in [0.2, 0.25) is 0 Å². The zero-order chi connectivity index (χ0) is 14.7. The van der Waals surface area contributed by atoms with E-state index in [1.54, 1.807) is 6.07 Å². The molecule has 1 aliphatic heterocycles. The maximum absolute atomic E-state index is 9.61. The first-order valence-corrected chi connectivity index (χ1v) is 7.84. The van der Waals surface area contributed by atoms with Crippen LogP contribution in [-0.2, 0) is 0 Å². The summed E-state index contributed by atoms with van der Waals surface area (Å²) in [7, 11) is 0. The second-order valence-corrected chi connectivity index (χ2v) is 6.41. The number of nitrogens with two attached hydrogens (primary N) is 1. The van der Waals surface area contributed by atoms with Crippen LogP contribution in [0.1, 0.15) is 31.4 Å². The lowest BCUT2D eigenvalue weighted by atomic mass is 10.0. The molecule has 1 heterocycles. The minimum absolute atomic E-state index is 0.105. The zero-order valence-corrected chi connectivity index (χ0v) is 13.2. The van der Waals surface area contributed by atoms with Crippen molar-refractivity contribution >= 4 is 23.2 Å². The predicted octanol–water partition coefficient (Wildman–Crippen LogP) is 3.09. The van der Waals surface area contributed by atoms with Crippen molar-refractivity contribution < 1.29 is 5.11 Å². The molecule has 0 spiro atoms. The van der Waals surface area contributed by atoms with Gasteiger partial charge in [0.1, 0.15) is 0 Å². The van der Waals surface area contributed by atoms with E-state index in [-0.39, 0.29) is 12.1 Å². The summed E-state index contributed by atoms with van der Waals surface area (Å²) in [5, 5.41) is 10.7. The van der Waals surface area contributed by atoms with E-state index in [1.807, 2.05) is 19.1 Å². The van der Waals surface area contributed by atoms with Gasteiger partial charge in [0, 0.05) is 12.6 Å². The number of halogens is 2. The molecule has 3 atom stereocenters. The quantitative estimate of drug-likeness (QED) is 0.877. The Morgan fingerprint density at radius 2 is 2.20 bits per heavy atom. The van der Waals surface area contributed by atoms with Gasteiger partial charge in [-0.1, -0.05) is 35.3 Å². The van der Waals surface area contributed by atoms with E-state index < -0.39 is 0 Å². The summed E-state index contributed by atoms with van der Waals surface area (Å²) in [4.78, 5) is 2.36. The second-order valence-electron chi connectivity index (χ2n) is 5.63. The molecule has 1 saturated heterocycles. The highest BCUT2D eigenvalue weighted by Gasteiger charge is 2.26. The molecule has 3 N–H and O–H groups in total. The summed E-state index contributed by atoms with van der Waals surface area (Å²) in [6.45, 7) is 4.78. The number of benzene rings is 1. The fourth-order valence-electron chi connectivity index (χ4n) is 2.74. The Labute approximate surface area is 130 Å². The minimum Gasteiger partial charge on any atom is -0.393 e. The molecule has 20 heavy (non-hydrogen) atoms. The first kappa shape index (κ1) is 16.1. The van der Waals surface area contributed by atoms with Gasteiger partial charge in [-0.05, 0) is 50.4 Å². The molecule has 112 valence electrons. The Kier molecular flexibility index (Phi) is 5.70. The number of hydrogen-bond donors (Lipinski definition) is 2. The van der Waals surface area contributed by atoms with Crippen LogP contribution in [0.2, 0.25) is 10.0 Å². The lowest BCUT2D eigenvalue weighted by molar-refractivity contribution is 0.127. The van der Waals surface area contributed by atoms with Crippen molar-refractivity contribution in [3.05, 3.63) is 33.8 Å². The zero-order valence-electron chi connectivity index (χ0n) is 11.7. The summed E-state index contributed by atoms with van der Waals surface area (Å²) in [5.41, 5.74) is 7.13. The van der Waals surface area contributed by atoms with Crippen LogP contribution in [0, 0.1) is 5.92 Å². The lowest BCUT2D eigenvalue weighted by Crippen LogP contribution is -2.27. The van der Waals surface area contributed by atoms with Crippen molar-refractivity contribution in [2.45, 2.75) is 31.9 Å². The summed E-state index contributed by atoms with van der Waals surface area (Å²) in [6.07, 6.45) is 1.67. The number of nitrogens with zero attached hydrogens (tertiary/aromatic N) is 1. The van der Waals surface area contributed by atoms with E-state index in [4.69, 9.17) is 28.9 Å².